The summed E-state index contributed by atoms with van der Waals surface area (Å²) in [7, 11) is 2.16. The van der Waals surface area contributed by atoms with Crippen molar-refractivity contribution in [3.63, 3.8) is 0 Å². The number of hydrogen-bond acceptors (Lipinski definition) is 3. The van der Waals surface area contributed by atoms with E-state index in [9.17, 15) is 4.79 Å². The molecule has 1 unspecified atom stereocenters. The minimum Gasteiger partial charge on any atom is -0.381 e. The van der Waals surface area contributed by atoms with E-state index < -0.39 is 0 Å². The fraction of sp³-hybridized carbons (Fsp3) is 0.611. The van der Waals surface area contributed by atoms with Crippen molar-refractivity contribution in [1.82, 2.24) is 9.80 Å². The molecule has 0 N–H and O–H groups in total. The molecule has 120 valence electrons. The molecule has 1 aromatic rings. The van der Waals surface area contributed by atoms with Crippen molar-refractivity contribution in [3.8, 4) is 0 Å². The first-order valence-electron chi connectivity index (χ1n) is 8.36. The summed E-state index contributed by atoms with van der Waals surface area (Å²) < 4.78 is 5.50. The standard InChI is InChI=1S/C18H26N2O2/c1-19-10-7-17(8-11-19)20(13-15-9-12-22-14-15)18(21)16-5-3-2-4-6-16/h2-6,15,17H,7-14H2,1H3. The summed E-state index contributed by atoms with van der Waals surface area (Å²) in [6.07, 6.45) is 3.22. The lowest BCUT2D eigenvalue weighted by Gasteiger charge is -2.38. The highest BCUT2D eigenvalue weighted by molar-refractivity contribution is 5.94. The Bertz CT molecular complexity index is 477. The Kier molecular flexibility index (Phi) is 5.11. The average molecular weight is 302 g/mol. The van der Waals surface area contributed by atoms with Crippen LogP contribution in [0.5, 0.6) is 0 Å². The number of carbonyl (C=O) groups excluding carboxylic acids is 1. The van der Waals surface area contributed by atoms with Gasteiger partial charge in [0.15, 0.2) is 0 Å². The van der Waals surface area contributed by atoms with Gasteiger partial charge >= 0.3 is 0 Å². The summed E-state index contributed by atoms with van der Waals surface area (Å²) in [4.78, 5) is 17.5. The van der Waals surface area contributed by atoms with Crippen LogP contribution >= 0.6 is 0 Å². The van der Waals surface area contributed by atoms with Gasteiger partial charge in [-0.3, -0.25) is 4.79 Å². The summed E-state index contributed by atoms with van der Waals surface area (Å²) in [6.45, 7) is 4.62. The van der Waals surface area contributed by atoms with Crippen LogP contribution in [-0.2, 0) is 4.74 Å². The molecule has 4 nitrogen and oxygen atoms in total. The van der Waals surface area contributed by atoms with Crippen LogP contribution in [0.25, 0.3) is 0 Å². The molecule has 0 aliphatic carbocycles. The van der Waals surface area contributed by atoms with Crippen LogP contribution in [0.3, 0.4) is 0 Å². The SMILES string of the molecule is CN1CCC(N(CC2CCOC2)C(=O)c2ccccc2)CC1. The van der Waals surface area contributed by atoms with Crippen molar-refractivity contribution in [2.75, 3.05) is 39.9 Å². The number of carbonyl (C=O) groups is 1. The van der Waals surface area contributed by atoms with E-state index in [2.05, 4.69) is 16.8 Å². The molecular formula is C18H26N2O2. The number of nitrogens with zero attached hydrogens (tertiary/aromatic N) is 2. The topological polar surface area (TPSA) is 32.8 Å². The van der Waals surface area contributed by atoms with Crippen molar-refractivity contribution in [2.45, 2.75) is 25.3 Å². The molecule has 2 fully saturated rings. The Balaban J connectivity index is 1.74. The van der Waals surface area contributed by atoms with E-state index in [0.717, 1.165) is 57.7 Å². The molecule has 2 heterocycles. The molecular weight excluding hydrogens is 276 g/mol. The summed E-state index contributed by atoms with van der Waals surface area (Å²) in [5.74, 6) is 0.675. The minimum absolute atomic E-state index is 0.182. The van der Waals surface area contributed by atoms with Crippen LogP contribution in [0, 0.1) is 5.92 Å². The van der Waals surface area contributed by atoms with Crippen molar-refractivity contribution >= 4 is 5.91 Å². The Hall–Kier alpha value is -1.39. The van der Waals surface area contributed by atoms with E-state index in [1.165, 1.54) is 0 Å². The van der Waals surface area contributed by atoms with Crippen LogP contribution in [0.1, 0.15) is 29.6 Å². The number of likely N-dealkylation sites (tertiary alicyclic amines) is 1. The fourth-order valence-corrected chi connectivity index (χ4v) is 3.46. The van der Waals surface area contributed by atoms with Gasteiger partial charge in [0.1, 0.15) is 0 Å². The van der Waals surface area contributed by atoms with Gasteiger partial charge in [0.2, 0.25) is 0 Å². The zero-order chi connectivity index (χ0) is 15.4. The number of hydrogen-bond donors (Lipinski definition) is 0. The Morgan fingerprint density at radius 2 is 1.95 bits per heavy atom. The van der Waals surface area contributed by atoms with E-state index in [1.54, 1.807) is 0 Å². The quantitative estimate of drug-likeness (QED) is 0.855. The van der Waals surface area contributed by atoms with Crippen molar-refractivity contribution in [2.24, 2.45) is 5.92 Å². The molecule has 0 aromatic heterocycles. The van der Waals surface area contributed by atoms with E-state index in [4.69, 9.17) is 4.74 Å². The zero-order valence-corrected chi connectivity index (χ0v) is 13.4. The monoisotopic (exact) mass is 302 g/mol. The van der Waals surface area contributed by atoms with Gasteiger partial charge in [-0.2, -0.15) is 0 Å². The van der Waals surface area contributed by atoms with Gasteiger partial charge < -0.3 is 14.5 Å². The second-order valence-corrected chi connectivity index (χ2v) is 6.59. The van der Waals surface area contributed by atoms with E-state index in [0.29, 0.717) is 12.0 Å². The summed E-state index contributed by atoms with van der Waals surface area (Å²) in [5.41, 5.74) is 0.806. The second-order valence-electron chi connectivity index (χ2n) is 6.59. The lowest BCUT2D eigenvalue weighted by molar-refractivity contribution is 0.0536. The first-order valence-corrected chi connectivity index (χ1v) is 8.36. The molecule has 22 heavy (non-hydrogen) atoms. The predicted molar refractivity (Wildman–Crippen MR) is 86.9 cm³/mol. The minimum atomic E-state index is 0.182. The smallest absolute Gasteiger partial charge is 0.254 e. The van der Waals surface area contributed by atoms with Gasteiger partial charge in [0.05, 0.1) is 6.61 Å². The number of amides is 1. The van der Waals surface area contributed by atoms with Crippen molar-refractivity contribution in [3.05, 3.63) is 35.9 Å². The maximum absolute atomic E-state index is 13.0. The number of benzene rings is 1. The highest BCUT2D eigenvalue weighted by Crippen LogP contribution is 2.22. The van der Waals surface area contributed by atoms with Gasteiger partial charge in [-0.25, -0.2) is 0 Å². The van der Waals surface area contributed by atoms with E-state index >= 15 is 0 Å². The number of rotatable bonds is 4. The largest absolute Gasteiger partial charge is 0.381 e. The Morgan fingerprint density at radius 1 is 1.23 bits per heavy atom. The van der Waals surface area contributed by atoms with Gasteiger partial charge in [-0.05, 0) is 51.5 Å². The number of piperidine rings is 1. The van der Waals surface area contributed by atoms with Gasteiger partial charge in [-0.1, -0.05) is 18.2 Å². The maximum Gasteiger partial charge on any atom is 0.254 e. The maximum atomic E-state index is 13.0. The number of ether oxygens (including phenoxy) is 1. The zero-order valence-electron chi connectivity index (χ0n) is 13.4. The van der Waals surface area contributed by atoms with Crippen LogP contribution in [0.4, 0.5) is 0 Å². The summed E-state index contributed by atoms with van der Waals surface area (Å²) >= 11 is 0. The van der Waals surface area contributed by atoms with Crippen molar-refractivity contribution < 1.29 is 9.53 Å². The van der Waals surface area contributed by atoms with E-state index in [-0.39, 0.29) is 5.91 Å². The van der Waals surface area contributed by atoms with Gasteiger partial charge in [0, 0.05) is 30.7 Å². The fourth-order valence-electron chi connectivity index (χ4n) is 3.46. The van der Waals surface area contributed by atoms with Crippen LogP contribution < -0.4 is 0 Å². The molecule has 2 saturated heterocycles. The highest BCUT2D eigenvalue weighted by Gasteiger charge is 2.30. The molecule has 1 atom stereocenters. The Morgan fingerprint density at radius 3 is 2.59 bits per heavy atom. The first-order chi connectivity index (χ1) is 10.7. The van der Waals surface area contributed by atoms with Crippen molar-refractivity contribution in [1.29, 1.82) is 0 Å². The molecule has 0 radical (unpaired) electrons. The Labute approximate surface area is 133 Å². The molecule has 0 spiro atoms. The first kappa shape index (κ1) is 15.5. The van der Waals surface area contributed by atoms with Gasteiger partial charge in [-0.15, -0.1) is 0 Å². The third-order valence-corrected chi connectivity index (χ3v) is 4.89. The molecule has 2 aliphatic rings. The molecule has 0 saturated carbocycles. The molecule has 3 rings (SSSR count). The van der Waals surface area contributed by atoms with Gasteiger partial charge in [0.25, 0.3) is 5.91 Å². The predicted octanol–water partition coefficient (Wildman–Crippen LogP) is 2.26. The highest BCUT2D eigenvalue weighted by atomic mass is 16.5. The molecule has 4 heteroatoms. The molecule has 1 aromatic carbocycles. The summed E-state index contributed by atoms with van der Waals surface area (Å²) in [6, 6.07) is 10.1. The molecule has 0 bridgehead atoms. The van der Waals surface area contributed by atoms with Crippen LogP contribution in [-0.4, -0.2) is 61.6 Å². The van der Waals surface area contributed by atoms with Crippen LogP contribution in [0.2, 0.25) is 0 Å². The second kappa shape index (κ2) is 7.25. The lowest BCUT2D eigenvalue weighted by atomic mass is 9.99. The summed E-state index contributed by atoms with van der Waals surface area (Å²) in [5, 5.41) is 0. The molecule has 1 amide bonds. The normalized spacial score (nSPS) is 23.6. The lowest BCUT2D eigenvalue weighted by Crippen LogP contribution is -2.48. The van der Waals surface area contributed by atoms with Crippen LogP contribution in [0.15, 0.2) is 30.3 Å². The average Bonchev–Trinajstić information content (AvgIpc) is 3.07. The third-order valence-electron chi connectivity index (χ3n) is 4.89. The van der Waals surface area contributed by atoms with E-state index in [1.807, 2.05) is 30.3 Å². The third kappa shape index (κ3) is 3.68. The molecule has 2 aliphatic heterocycles.